The van der Waals surface area contributed by atoms with Gasteiger partial charge < -0.3 is 14.6 Å². The number of methoxy groups -OCH3 is 1. The number of likely N-dealkylation sites (N-methyl/N-ethyl adjacent to an activating group) is 1. The fraction of sp³-hybridized carbons (Fsp3) is 0.917. The molecule has 0 aromatic carbocycles. The molecular formula is C12H23NO4. The minimum absolute atomic E-state index is 0.00296. The summed E-state index contributed by atoms with van der Waals surface area (Å²) in [6.07, 6.45) is 0. The van der Waals surface area contributed by atoms with Gasteiger partial charge in [0.05, 0.1) is 19.1 Å². The molecule has 0 aromatic heterocycles. The zero-order valence-electron chi connectivity index (χ0n) is 10.9. The van der Waals surface area contributed by atoms with Crippen molar-refractivity contribution in [2.75, 3.05) is 40.0 Å². The van der Waals surface area contributed by atoms with Gasteiger partial charge in [-0.1, -0.05) is 13.8 Å². The molecule has 1 heterocycles. The number of hydrogen-bond donors (Lipinski definition) is 1. The number of carboxylic acid groups (broad SMARTS) is 1. The van der Waals surface area contributed by atoms with Gasteiger partial charge in [0, 0.05) is 26.3 Å². The topological polar surface area (TPSA) is 59.0 Å². The molecule has 3 atom stereocenters. The van der Waals surface area contributed by atoms with Crippen LogP contribution in [0.2, 0.25) is 0 Å². The van der Waals surface area contributed by atoms with Crippen molar-refractivity contribution in [2.24, 2.45) is 11.8 Å². The van der Waals surface area contributed by atoms with Crippen LogP contribution in [-0.4, -0.2) is 62.0 Å². The van der Waals surface area contributed by atoms with E-state index >= 15 is 0 Å². The van der Waals surface area contributed by atoms with E-state index in [-0.39, 0.29) is 6.04 Å². The van der Waals surface area contributed by atoms with Crippen molar-refractivity contribution in [3.8, 4) is 0 Å². The summed E-state index contributed by atoms with van der Waals surface area (Å²) in [4.78, 5) is 13.3. The lowest BCUT2D eigenvalue weighted by molar-refractivity contribution is -0.143. The highest BCUT2D eigenvalue weighted by Crippen LogP contribution is 2.21. The summed E-state index contributed by atoms with van der Waals surface area (Å²) in [5.41, 5.74) is 0. The molecule has 1 fully saturated rings. The molecule has 1 rings (SSSR count). The summed E-state index contributed by atoms with van der Waals surface area (Å²) in [6.45, 7) is 7.39. The van der Waals surface area contributed by atoms with Crippen LogP contribution in [0.4, 0.5) is 0 Å². The second-order valence-corrected chi connectivity index (χ2v) is 4.70. The first kappa shape index (κ1) is 14.4. The molecule has 0 saturated carbocycles. The van der Waals surface area contributed by atoms with Crippen LogP contribution < -0.4 is 0 Å². The molecule has 17 heavy (non-hydrogen) atoms. The molecule has 0 amide bonds. The zero-order valence-corrected chi connectivity index (χ0v) is 10.9. The maximum Gasteiger partial charge on any atom is 0.310 e. The molecule has 1 aliphatic heterocycles. The Morgan fingerprint density at radius 3 is 2.82 bits per heavy atom. The fourth-order valence-corrected chi connectivity index (χ4v) is 2.38. The normalized spacial score (nSPS) is 26.4. The molecule has 3 unspecified atom stereocenters. The van der Waals surface area contributed by atoms with Gasteiger partial charge in [-0.05, 0) is 12.5 Å². The van der Waals surface area contributed by atoms with E-state index in [2.05, 4.69) is 18.7 Å². The molecule has 0 aromatic rings. The average Bonchev–Trinajstić information content (AvgIpc) is 2.75. The monoisotopic (exact) mass is 245 g/mol. The number of ether oxygens (including phenoxy) is 2. The van der Waals surface area contributed by atoms with Crippen LogP contribution >= 0.6 is 0 Å². The Balaban J connectivity index is 2.56. The van der Waals surface area contributed by atoms with E-state index in [9.17, 15) is 4.79 Å². The maximum atomic E-state index is 11.1. The van der Waals surface area contributed by atoms with E-state index < -0.39 is 11.9 Å². The number of aliphatic carboxylic acids is 1. The van der Waals surface area contributed by atoms with E-state index in [4.69, 9.17) is 14.6 Å². The van der Waals surface area contributed by atoms with Crippen molar-refractivity contribution < 1.29 is 19.4 Å². The Bertz CT molecular complexity index is 247. The molecule has 0 aliphatic carbocycles. The fourth-order valence-electron chi connectivity index (χ4n) is 2.38. The molecule has 1 aliphatic rings. The summed E-state index contributed by atoms with van der Waals surface area (Å²) in [7, 11) is 1.69. The van der Waals surface area contributed by atoms with Gasteiger partial charge in [0.15, 0.2) is 0 Å². The van der Waals surface area contributed by atoms with Gasteiger partial charge >= 0.3 is 5.97 Å². The van der Waals surface area contributed by atoms with Gasteiger partial charge in [0.2, 0.25) is 0 Å². The molecule has 5 nitrogen and oxygen atoms in total. The van der Waals surface area contributed by atoms with Crippen molar-refractivity contribution in [1.82, 2.24) is 4.90 Å². The highest BCUT2D eigenvalue weighted by Gasteiger charge is 2.37. The molecule has 0 radical (unpaired) electrons. The number of carbonyl (C=O) groups is 1. The Morgan fingerprint density at radius 2 is 2.29 bits per heavy atom. The minimum atomic E-state index is -0.759. The van der Waals surface area contributed by atoms with Crippen LogP contribution in [0.5, 0.6) is 0 Å². The Labute approximate surface area is 103 Å². The van der Waals surface area contributed by atoms with Gasteiger partial charge in [-0.3, -0.25) is 9.69 Å². The summed E-state index contributed by atoms with van der Waals surface area (Å²) in [6, 6.07) is -0.00296. The number of carboxylic acids is 1. The van der Waals surface area contributed by atoms with Crippen LogP contribution in [0.1, 0.15) is 13.8 Å². The average molecular weight is 245 g/mol. The standard InChI is InChI=1S/C12H23NO4/c1-4-13(5-9(2)6-16-3)11-8-17-7-10(11)12(14)15/h9-11H,4-8H2,1-3H3,(H,14,15). The third-order valence-electron chi connectivity index (χ3n) is 3.24. The Hall–Kier alpha value is -0.650. The Kier molecular flexibility index (Phi) is 5.88. The second kappa shape index (κ2) is 6.93. The van der Waals surface area contributed by atoms with E-state index in [1.54, 1.807) is 7.11 Å². The van der Waals surface area contributed by atoms with Gasteiger partial charge in [-0.2, -0.15) is 0 Å². The lowest BCUT2D eigenvalue weighted by Gasteiger charge is -2.31. The molecular weight excluding hydrogens is 222 g/mol. The highest BCUT2D eigenvalue weighted by molar-refractivity contribution is 5.71. The third-order valence-corrected chi connectivity index (χ3v) is 3.24. The first-order valence-corrected chi connectivity index (χ1v) is 6.13. The van der Waals surface area contributed by atoms with Crippen LogP contribution in [0.25, 0.3) is 0 Å². The molecule has 0 spiro atoms. The summed E-state index contributed by atoms with van der Waals surface area (Å²) in [5, 5.41) is 9.13. The summed E-state index contributed by atoms with van der Waals surface area (Å²) in [5.74, 6) is -0.759. The number of hydrogen-bond acceptors (Lipinski definition) is 4. The lowest BCUT2D eigenvalue weighted by atomic mass is 10.0. The molecule has 1 N–H and O–H groups in total. The first-order chi connectivity index (χ1) is 8.10. The van der Waals surface area contributed by atoms with Gasteiger partial charge in [0.25, 0.3) is 0 Å². The smallest absolute Gasteiger partial charge is 0.310 e. The summed E-state index contributed by atoms with van der Waals surface area (Å²) >= 11 is 0. The third kappa shape index (κ3) is 3.94. The lowest BCUT2D eigenvalue weighted by Crippen LogP contribution is -2.45. The predicted molar refractivity (Wildman–Crippen MR) is 64.0 cm³/mol. The maximum absolute atomic E-state index is 11.1. The molecule has 100 valence electrons. The van der Waals surface area contributed by atoms with Crippen molar-refractivity contribution in [2.45, 2.75) is 19.9 Å². The van der Waals surface area contributed by atoms with Crippen LogP contribution in [0, 0.1) is 11.8 Å². The van der Waals surface area contributed by atoms with Crippen LogP contribution in [0.3, 0.4) is 0 Å². The minimum Gasteiger partial charge on any atom is -0.481 e. The zero-order chi connectivity index (χ0) is 12.8. The van der Waals surface area contributed by atoms with Crippen LogP contribution in [-0.2, 0) is 14.3 Å². The molecule has 0 bridgehead atoms. The van der Waals surface area contributed by atoms with E-state index in [0.29, 0.717) is 25.7 Å². The van der Waals surface area contributed by atoms with E-state index in [1.807, 2.05) is 0 Å². The Morgan fingerprint density at radius 1 is 1.59 bits per heavy atom. The molecule has 5 heteroatoms. The second-order valence-electron chi connectivity index (χ2n) is 4.70. The first-order valence-electron chi connectivity index (χ1n) is 6.13. The van der Waals surface area contributed by atoms with Crippen molar-refractivity contribution >= 4 is 5.97 Å². The molecule has 1 saturated heterocycles. The van der Waals surface area contributed by atoms with Crippen LogP contribution in [0.15, 0.2) is 0 Å². The number of nitrogens with zero attached hydrogens (tertiary/aromatic N) is 1. The van der Waals surface area contributed by atoms with E-state index in [0.717, 1.165) is 13.1 Å². The van der Waals surface area contributed by atoms with Crippen molar-refractivity contribution in [3.63, 3.8) is 0 Å². The largest absolute Gasteiger partial charge is 0.481 e. The predicted octanol–water partition coefficient (Wildman–Crippen LogP) is 0.690. The van der Waals surface area contributed by atoms with Gasteiger partial charge in [-0.15, -0.1) is 0 Å². The SMILES string of the molecule is CCN(CC(C)COC)C1COCC1C(=O)O. The highest BCUT2D eigenvalue weighted by atomic mass is 16.5. The number of rotatable bonds is 7. The van der Waals surface area contributed by atoms with Crippen molar-refractivity contribution in [3.05, 3.63) is 0 Å². The quantitative estimate of drug-likeness (QED) is 0.715. The van der Waals surface area contributed by atoms with Gasteiger partial charge in [-0.25, -0.2) is 0 Å². The van der Waals surface area contributed by atoms with Gasteiger partial charge in [0.1, 0.15) is 0 Å². The van der Waals surface area contributed by atoms with E-state index in [1.165, 1.54) is 0 Å². The van der Waals surface area contributed by atoms with Crippen molar-refractivity contribution in [1.29, 1.82) is 0 Å². The summed E-state index contributed by atoms with van der Waals surface area (Å²) < 4.78 is 10.4.